The van der Waals surface area contributed by atoms with Gasteiger partial charge in [-0.3, -0.25) is 9.69 Å². The fourth-order valence-corrected chi connectivity index (χ4v) is 2.28. The Hall–Kier alpha value is -1.61. The highest BCUT2D eigenvalue weighted by molar-refractivity contribution is 6.00. The molecule has 0 bridgehead atoms. The largest absolute Gasteiger partial charge is 0.508 e. The van der Waals surface area contributed by atoms with Gasteiger partial charge in [0.25, 0.3) is 0 Å². The van der Waals surface area contributed by atoms with Gasteiger partial charge in [-0.1, -0.05) is 19.1 Å². The fourth-order valence-electron chi connectivity index (χ4n) is 2.28. The smallest absolute Gasteiger partial charge is 0.161 e. The second kappa shape index (κ2) is 5.83. The number of phenolic OH excluding ortho intramolecular Hbond substituents is 1. The molecule has 96 valence electrons. The highest BCUT2D eigenvalue weighted by Gasteiger charge is 2.20. The van der Waals surface area contributed by atoms with E-state index in [-0.39, 0.29) is 11.5 Å². The zero-order valence-corrected chi connectivity index (χ0v) is 10.7. The first-order chi connectivity index (χ1) is 8.69. The lowest BCUT2D eigenvalue weighted by molar-refractivity contribution is -0.117. The number of ketones is 1. The van der Waals surface area contributed by atoms with E-state index in [2.05, 4.69) is 11.8 Å². The van der Waals surface area contributed by atoms with E-state index in [9.17, 15) is 9.90 Å². The molecular formula is C15H19NO2. The zero-order chi connectivity index (χ0) is 13.0. The summed E-state index contributed by atoms with van der Waals surface area (Å²) in [5, 5.41) is 9.42. The van der Waals surface area contributed by atoms with E-state index in [1.54, 1.807) is 18.2 Å². The van der Waals surface area contributed by atoms with Crippen molar-refractivity contribution in [1.82, 2.24) is 4.90 Å². The quantitative estimate of drug-likeness (QED) is 0.832. The molecule has 1 fully saturated rings. The van der Waals surface area contributed by atoms with Crippen molar-refractivity contribution in [2.45, 2.75) is 19.8 Å². The fraction of sp³-hybridized carbons (Fsp3) is 0.400. The number of nitrogens with zero attached hydrogens (tertiary/aromatic N) is 1. The van der Waals surface area contributed by atoms with Crippen molar-refractivity contribution in [3.05, 3.63) is 35.4 Å². The van der Waals surface area contributed by atoms with Gasteiger partial charge in [-0.15, -0.1) is 0 Å². The van der Waals surface area contributed by atoms with Gasteiger partial charge in [0.2, 0.25) is 0 Å². The van der Waals surface area contributed by atoms with E-state index in [4.69, 9.17) is 0 Å². The highest BCUT2D eigenvalue weighted by atomic mass is 16.3. The van der Waals surface area contributed by atoms with E-state index < -0.39 is 0 Å². The lowest BCUT2D eigenvalue weighted by Gasteiger charge is -2.27. The number of carbonyl (C=O) groups is 1. The minimum atomic E-state index is 0.227. The Morgan fingerprint density at radius 1 is 1.44 bits per heavy atom. The number of piperidine rings is 1. The van der Waals surface area contributed by atoms with Crippen LogP contribution in [0.25, 0.3) is 6.08 Å². The van der Waals surface area contributed by atoms with Gasteiger partial charge in [-0.05, 0) is 36.7 Å². The summed E-state index contributed by atoms with van der Waals surface area (Å²) in [5.74, 6) is 0.462. The van der Waals surface area contributed by atoms with Gasteiger partial charge in [0.15, 0.2) is 5.78 Å². The van der Waals surface area contributed by atoms with Crippen LogP contribution in [0.15, 0.2) is 29.8 Å². The van der Waals surface area contributed by atoms with Crippen LogP contribution in [0, 0.1) is 0 Å². The minimum Gasteiger partial charge on any atom is -0.508 e. The standard InChI is InChI=1S/C15H19NO2/c1-2-7-16-8-6-15(18)13(11-16)9-12-4-3-5-14(17)10-12/h3-5,9-10,17H,2,6-8,11H2,1H3/b13-9+. The summed E-state index contributed by atoms with van der Waals surface area (Å²) in [5.41, 5.74) is 1.73. The van der Waals surface area contributed by atoms with E-state index in [0.717, 1.165) is 37.2 Å². The van der Waals surface area contributed by atoms with Crippen LogP contribution in [-0.2, 0) is 4.79 Å². The van der Waals surface area contributed by atoms with Crippen LogP contribution in [0.4, 0.5) is 0 Å². The Morgan fingerprint density at radius 3 is 3.00 bits per heavy atom. The molecule has 1 N–H and O–H groups in total. The number of rotatable bonds is 3. The molecule has 0 saturated carbocycles. The normalized spacial score (nSPS) is 19.4. The third-order valence-electron chi connectivity index (χ3n) is 3.16. The molecule has 1 saturated heterocycles. The predicted molar refractivity (Wildman–Crippen MR) is 72.4 cm³/mol. The maximum atomic E-state index is 11.9. The van der Waals surface area contributed by atoms with Crippen LogP contribution in [0.5, 0.6) is 5.75 Å². The number of carbonyl (C=O) groups excluding carboxylic acids is 1. The highest BCUT2D eigenvalue weighted by Crippen LogP contribution is 2.18. The molecular weight excluding hydrogens is 226 g/mol. The van der Waals surface area contributed by atoms with Crippen molar-refractivity contribution in [2.24, 2.45) is 0 Å². The Bertz CT molecular complexity index is 465. The Kier molecular flexibility index (Phi) is 4.15. The number of phenols is 1. The van der Waals surface area contributed by atoms with Crippen LogP contribution in [0.3, 0.4) is 0 Å². The molecule has 1 aromatic carbocycles. The number of benzene rings is 1. The molecule has 1 aromatic rings. The molecule has 0 spiro atoms. The van der Waals surface area contributed by atoms with Crippen LogP contribution in [0.2, 0.25) is 0 Å². The van der Waals surface area contributed by atoms with E-state index in [0.29, 0.717) is 6.42 Å². The van der Waals surface area contributed by atoms with Gasteiger partial charge in [0.05, 0.1) is 0 Å². The van der Waals surface area contributed by atoms with Crippen molar-refractivity contribution in [2.75, 3.05) is 19.6 Å². The molecule has 0 radical (unpaired) electrons. The van der Waals surface area contributed by atoms with Gasteiger partial charge in [-0.2, -0.15) is 0 Å². The van der Waals surface area contributed by atoms with Gasteiger partial charge < -0.3 is 5.11 Å². The molecule has 18 heavy (non-hydrogen) atoms. The van der Waals surface area contributed by atoms with E-state index >= 15 is 0 Å². The predicted octanol–water partition coefficient (Wildman–Crippen LogP) is 2.46. The first kappa shape index (κ1) is 12.8. The summed E-state index contributed by atoms with van der Waals surface area (Å²) in [6.07, 6.45) is 3.60. The molecule has 1 aliphatic heterocycles. The second-order valence-corrected chi connectivity index (χ2v) is 4.71. The van der Waals surface area contributed by atoms with Crippen LogP contribution in [-0.4, -0.2) is 35.4 Å². The zero-order valence-electron chi connectivity index (χ0n) is 10.7. The molecule has 1 heterocycles. The summed E-state index contributed by atoms with van der Waals surface area (Å²) in [4.78, 5) is 14.2. The van der Waals surface area contributed by atoms with E-state index in [1.165, 1.54) is 0 Å². The average molecular weight is 245 g/mol. The Balaban J connectivity index is 2.16. The van der Waals surface area contributed by atoms with Crippen LogP contribution < -0.4 is 0 Å². The maximum absolute atomic E-state index is 11.9. The van der Waals surface area contributed by atoms with Crippen molar-refractivity contribution in [3.8, 4) is 5.75 Å². The Morgan fingerprint density at radius 2 is 2.28 bits per heavy atom. The first-order valence-electron chi connectivity index (χ1n) is 6.44. The summed E-state index contributed by atoms with van der Waals surface area (Å²) in [7, 11) is 0. The summed E-state index contributed by atoms with van der Waals surface area (Å²) < 4.78 is 0. The number of aromatic hydroxyl groups is 1. The maximum Gasteiger partial charge on any atom is 0.161 e. The van der Waals surface area contributed by atoms with Gasteiger partial charge in [0, 0.05) is 25.1 Å². The lowest BCUT2D eigenvalue weighted by Crippen LogP contribution is -2.36. The second-order valence-electron chi connectivity index (χ2n) is 4.71. The van der Waals surface area contributed by atoms with Crippen molar-refractivity contribution < 1.29 is 9.90 Å². The number of Topliss-reactive ketones (excluding diaryl/α,β-unsaturated/α-hetero) is 1. The SMILES string of the molecule is CCCN1CCC(=O)/C(=C/c2cccc(O)c2)C1. The molecule has 3 heteroatoms. The van der Waals surface area contributed by atoms with Gasteiger partial charge in [-0.25, -0.2) is 0 Å². The lowest BCUT2D eigenvalue weighted by atomic mass is 10.00. The van der Waals surface area contributed by atoms with Gasteiger partial charge in [0.1, 0.15) is 5.75 Å². The number of hydrogen-bond acceptors (Lipinski definition) is 3. The molecule has 0 aromatic heterocycles. The summed E-state index contributed by atoms with van der Waals surface area (Å²) in [6.45, 7) is 4.77. The topological polar surface area (TPSA) is 40.5 Å². The van der Waals surface area contributed by atoms with E-state index in [1.807, 2.05) is 12.1 Å². The van der Waals surface area contributed by atoms with Crippen LogP contribution in [0.1, 0.15) is 25.3 Å². The molecule has 3 nitrogen and oxygen atoms in total. The Labute approximate surface area is 108 Å². The van der Waals surface area contributed by atoms with Crippen molar-refractivity contribution >= 4 is 11.9 Å². The molecule has 0 aliphatic carbocycles. The molecule has 0 amide bonds. The minimum absolute atomic E-state index is 0.227. The van der Waals surface area contributed by atoms with Gasteiger partial charge >= 0.3 is 0 Å². The third-order valence-corrected chi connectivity index (χ3v) is 3.16. The van der Waals surface area contributed by atoms with Crippen molar-refractivity contribution in [1.29, 1.82) is 0 Å². The molecule has 0 atom stereocenters. The third kappa shape index (κ3) is 3.20. The number of likely N-dealkylation sites (tertiary alicyclic amines) is 1. The summed E-state index contributed by atoms with van der Waals surface area (Å²) in [6, 6.07) is 7.00. The van der Waals surface area contributed by atoms with Crippen molar-refractivity contribution in [3.63, 3.8) is 0 Å². The first-order valence-corrected chi connectivity index (χ1v) is 6.44. The molecule has 0 unspecified atom stereocenters. The monoisotopic (exact) mass is 245 g/mol. The molecule has 2 rings (SSSR count). The molecule has 1 aliphatic rings. The number of hydrogen-bond donors (Lipinski definition) is 1. The van der Waals surface area contributed by atoms with Crippen LogP contribution >= 0.6 is 0 Å². The summed E-state index contributed by atoms with van der Waals surface area (Å²) >= 11 is 0. The average Bonchev–Trinajstić information content (AvgIpc) is 2.34.